The Labute approximate surface area is 204 Å². The lowest BCUT2D eigenvalue weighted by atomic mass is 10.2. The first kappa shape index (κ1) is 24.3. The lowest BCUT2D eigenvalue weighted by Crippen LogP contribution is -2.34. The molecule has 168 valence electrons. The Bertz CT molecular complexity index is 1200. The Morgan fingerprint density at radius 1 is 0.879 bits per heavy atom. The van der Waals surface area contributed by atoms with Gasteiger partial charge in [-0.2, -0.15) is 5.10 Å². The van der Waals surface area contributed by atoms with Gasteiger partial charge in [0.15, 0.2) is 0 Å². The molecule has 10 heteroatoms. The van der Waals surface area contributed by atoms with Crippen molar-refractivity contribution >= 4 is 58.8 Å². The van der Waals surface area contributed by atoms with Gasteiger partial charge < -0.3 is 10.1 Å². The first-order chi connectivity index (χ1) is 15.8. The molecule has 3 rings (SSSR count). The summed E-state index contributed by atoms with van der Waals surface area (Å²) in [7, 11) is 0. The molecule has 2 amide bonds. The minimum atomic E-state index is -0.619. The number of benzene rings is 3. The molecule has 0 unspecified atom stereocenters. The number of nitrogens with one attached hydrogen (secondary N) is 2. The van der Waals surface area contributed by atoms with Gasteiger partial charge in [-0.25, -0.2) is 10.2 Å². The molecule has 0 aliphatic rings. The van der Waals surface area contributed by atoms with Crippen molar-refractivity contribution in [3.05, 3.63) is 98.5 Å². The molecule has 0 aliphatic carbocycles. The molecule has 0 saturated carbocycles. The SMILES string of the molecule is O=C(CNC(=O)c1ccc(Cl)cc1)NN=Cc1ccc(OC(=O)c2ccc(Cl)cc2Cl)cc1. The van der Waals surface area contributed by atoms with Crippen LogP contribution < -0.4 is 15.5 Å². The Balaban J connectivity index is 1.46. The number of hydrogen-bond donors (Lipinski definition) is 2. The summed E-state index contributed by atoms with van der Waals surface area (Å²) in [5.41, 5.74) is 3.53. The van der Waals surface area contributed by atoms with Crippen LogP contribution in [0.25, 0.3) is 0 Å². The van der Waals surface area contributed by atoms with E-state index in [0.717, 1.165) is 0 Å². The van der Waals surface area contributed by atoms with E-state index in [1.54, 1.807) is 54.6 Å². The van der Waals surface area contributed by atoms with Crippen molar-refractivity contribution in [1.82, 2.24) is 10.7 Å². The maximum Gasteiger partial charge on any atom is 0.345 e. The van der Waals surface area contributed by atoms with Crippen LogP contribution in [-0.4, -0.2) is 30.5 Å². The molecule has 0 heterocycles. The summed E-state index contributed by atoms with van der Waals surface area (Å²) in [6, 6.07) is 17.2. The van der Waals surface area contributed by atoms with E-state index in [4.69, 9.17) is 39.5 Å². The van der Waals surface area contributed by atoms with Gasteiger partial charge in [0.05, 0.1) is 23.3 Å². The van der Waals surface area contributed by atoms with Crippen LogP contribution in [0.1, 0.15) is 26.3 Å². The van der Waals surface area contributed by atoms with Crippen LogP contribution in [0.4, 0.5) is 0 Å². The van der Waals surface area contributed by atoms with Gasteiger partial charge in [0.25, 0.3) is 11.8 Å². The molecule has 0 atom stereocenters. The van der Waals surface area contributed by atoms with Crippen molar-refractivity contribution in [3.8, 4) is 5.75 Å². The second-order valence-electron chi connectivity index (χ2n) is 6.57. The van der Waals surface area contributed by atoms with Crippen molar-refractivity contribution in [2.75, 3.05) is 6.54 Å². The monoisotopic (exact) mass is 503 g/mol. The molecule has 0 fully saturated rings. The third kappa shape index (κ3) is 7.32. The van der Waals surface area contributed by atoms with Gasteiger partial charge in [0.2, 0.25) is 0 Å². The van der Waals surface area contributed by atoms with Gasteiger partial charge in [0, 0.05) is 15.6 Å². The number of ether oxygens (including phenoxy) is 1. The summed E-state index contributed by atoms with van der Waals surface area (Å²) < 4.78 is 5.29. The average molecular weight is 505 g/mol. The quantitative estimate of drug-likeness (QED) is 0.210. The standard InChI is InChI=1S/C23H16Cl3N3O4/c24-16-5-3-15(4-6-16)22(31)27-13-21(30)29-28-12-14-1-8-18(9-2-14)33-23(32)19-10-7-17(25)11-20(19)26/h1-12H,13H2,(H,27,31)(H,29,30). The normalized spacial score (nSPS) is 10.6. The van der Waals surface area contributed by atoms with Crippen LogP contribution in [0.2, 0.25) is 15.1 Å². The molecule has 0 bridgehead atoms. The highest BCUT2D eigenvalue weighted by Crippen LogP contribution is 2.23. The van der Waals surface area contributed by atoms with E-state index >= 15 is 0 Å². The largest absolute Gasteiger partial charge is 0.423 e. The maximum absolute atomic E-state index is 12.2. The van der Waals surface area contributed by atoms with Crippen LogP contribution >= 0.6 is 34.8 Å². The number of carbonyl (C=O) groups is 3. The summed E-state index contributed by atoms with van der Waals surface area (Å²) in [5, 5.41) is 7.42. The second kappa shape index (κ2) is 11.5. The van der Waals surface area contributed by atoms with Gasteiger partial charge >= 0.3 is 5.97 Å². The van der Waals surface area contributed by atoms with Crippen molar-refractivity contribution in [2.24, 2.45) is 5.10 Å². The highest BCUT2D eigenvalue weighted by atomic mass is 35.5. The predicted octanol–water partition coefficient (Wildman–Crippen LogP) is 4.75. The minimum absolute atomic E-state index is 0.191. The Kier molecular flexibility index (Phi) is 8.43. The Hall–Kier alpha value is -3.39. The number of hydrazone groups is 1. The third-order valence-corrected chi connectivity index (χ3v) is 4.96. The fraction of sp³-hybridized carbons (Fsp3) is 0.0435. The van der Waals surface area contributed by atoms with Gasteiger partial charge in [-0.1, -0.05) is 34.8 Å². The molecule has 0 radical (unpaired) electrons. The van der Waals surface area contributed by atoms with Gasteiger partial charge in [-0.05, 0) is 72.3 Å². The van der Waals surface area contributed by atoms with Crippen molar-refractivity contribution in [1.29, 1.82) is 0 Å². The van der Waals surface area contributed by atoms with E-state index < -0.39 is 17.8 Å². The molecule has 0 aliphatic heterocycles. The smallest absolute Gasteiger partial charge is 0.345 e. The molecule has 0 spiro atoms. The van der Waals surface area contributed by atoms with E-state index in [2.05, 4.69) is 15.8 Å². The lowest BCUT2D eigenvalue weighted by molar-refractivity contribution is -0.120. The molecule has 3 aromatic rings. The van der Waals surface area contributed by atoms with E-state index in [-0.39, 0.29) is 17.1 Å². The number of halogens is 3. The predicted molar refractivity (Wildman–Crippen MR) is 127 cm³/mol. The Morgan fingerprint density at radius 3 is 2.21 bits per heavy atom. The highest BCUT2D eigenvalue weighted by Gasteiger charge is 2.13. The van der Waals surface area contributed by atoms with Crippen molar-refractivity contribution in [3.63, 3.8) is 0 Å². The van der Waals surface area contributed by atoms with E-state index in [1.807, 2.05) is 0 Å². The molecular weight excluding hydrogens is 489 g/mol. The Morgan fingerprint density at radius 2 is 1.55 bits per heavy atom. The lowest BCUT2D eigenvalue weighted by Gasteiger charge is -2.06. The molecule has 0 saturated heterocycles. The average Bonchev–Trinajstić information content (AvgIpc) is 2.79. The number of amides is 2. The third-order valence-electron chi connectivity index (χ3n) is 4.16. The second-order valence-corrected chi connectivity index (χ2v) is 7.85. The van der Waals surface area contributed by atoms with E-state index in [0.29, 0.717) is 26.9 Å². The number of rotatable bonds is 7. The number of nitrogens with zero attached hydrogens (tertiary/aromatic N) is 1. The molecule has 0 aromatic heterocycles. The fourth-order valence-electron chi connectivity index (χ4n) is 2.52. The van der Waals surface area contributed by atoms with Crippen LogP contribution in [0.3, 0.4) is 0 Å². The zero-order valence-electron chi connectivity index (χ0n) is 16.8. The first-order valence-corrected chi connectivity index (χ1v) is 10.6. The van der Waals surface area contributed by atoms with Crippen molar-refractivity contribution in [2.45, 2.75) is 0 Å². The zero-order chi connectivity index (χ0) is 23.8. The number of esters is 1. The van der Waals surface area contributed by atoms with Gasteiger partial charge in [-0.15, -0.1) is 0 Å². The molecule has 33 heavy (non-hydrogen) atoms. The maximum atomic E-state index is 12.2. The number of hydrogen-bond acceptors (Lipinski definition) is 5. The minimum Gasteiger partial charge on any atom is -0.423 e. The van der Waals surface area contributed by atoms with Gasteiger partial charge in [-0.3, -0.25) is 9.59 Å². The van der Waals surface area contributed by atoms with Crippen LogP contribution in [0.15, 0.2) is 71.8 Å². The molecule has 7 nitrogen and oxygen atoms in total. The molecule has 2 N–H and O–H groups in total. The summed E-state index contributed by atoms with van der Waals surface area (Å²) in [6.45, 7) is -0.249. The van der Waals surface area contributed by atoms with Crippen molar-refractivity contribution < 1.29 is 19.1 Å². The summed E-state index contributed by atoms with van der Waals surface area (Å²) in [5.74, 6) is -1.22. The molecular formula is C23H16Cl3N3O4. The molecule has 3 aromatic carbocycles. The van der Waals surface area contributed by atoms with Crippen LogP contribution in [-0.2, 0) is 4.79 Å². The summed E-state index contributed by atoms with van der Waals surface area (Å²) in [4.78, 5) is 36.0. The number of carbonyl (C=O) groups excluding carboxylic acids is 3. The highest BCUT2D eigenvalue weighted by molar-refractivity contribution is 6.36. The summed E-state index contributed by atoms with van der Waals surface area (Å²) >= 11 is 17.6. The van der Waals surface area contributed by atoms with E-state index in [9.17, 15) is 14.4 Å². The van der Waals surface area contributed by atoms with Crippen LogP contribution in [0, 0.1) is 0 Å². The van der Waals surface area contributed by atoms with Gasteiger partial charge in [0.1, 0.15) is 5.75 Å². The first-order valence-electron chi connectivity index (χ1n) is 9.45. The van der Waals surface area contributed by atoms with E-state index in [1.165, 1.54) is 18.3 Å². The fourth-order valence-corrected chi connectivity index (χ4v) is 3.13. The zero-order valence-corrected chi connectivity index (χ0v) is 19.1. The summed E-state index contributed by atoms with van der Waals surface area (Å²) in [6.07, 6.45) is 1.40. The topological polar surface area (TPSA) is 96.9 Å². The van der Waals surface area contributed by atoms with Crippen LogP contribution in [0.5, 0.6) is 5.75 Å².